The summed E-state index contributed by atoms with van der Waals surface area (Å²) >= 11 is 1.64. The van der Waals surface area contributed by atoms with Gasteiger partial charge in [-0.3, -0.25) is 20.2 Å². The van der Waals surface area contributed by atoms with Crippen molar-refractivity contribution in [1.29, 1.82) is 0 Å². The van der Waals surface area contributed by atoms with E-state index in [0.717, 1.165) is 16.9 Å². The maximum atomic E-state index is 11.3. The van der Waals surface area contributed by atoms with Gasteiger partial charge in [0.05, 0.1) is 21.6 Å². The first kappa shape index (κ1) is 17.1. The van der Waals surface area contributed by atoms with E-state index in [2.05, 4.69) is 9.88 Å². The van der Waals surface area contributed by atoms with E-state index in [-0.39, 0.29) is 11.4 Å². The van der Waals surface area contributed by atoms with Crippen LogP contribution in [0.4, 0.5) is 22.2 Å². The van der Waals surface area contributed by atoms with E-state index in [4.69, 9.17) is 0 Å². The Morgan fingerprint density at radius 1 is 1.04 bits per heavy atom. The standard InChI is InChI=1S/C15H17N5O4S/c1-10-11(2)25-15(16-10)18-7-5-17(6-8-18)13-4-3-12(19(21)22)9-14(13)20(23)24/h3-4,9H,5-8H2,1-2H3. The first-order valence-corrected chi connectivity index (χ1v) is 8.55. The molecule has 10 heteroatoms. The molecule has 1 aromatic carbocycles. The normalized spacial score (nSPS) is 14.6. The highest BCUT2D eigenvalue weighted by Crippen LogP contribution is 2.33. The topological polar surface area (TPSA) is 106 Å². The molecular formula is C15H17N5O4S. The van der Waals surface area contributed by atoms with Crippen LogP contribution in [0.2, 0.25) is 0 Å². The highest BCUT2D eigenvalue weighted by molar-refractivity contribution is 7.15. The average Bonchev–Trinajstić information content (AvgIpc) is 2.93. The number of nitro groups is 2. The number of rotatable bonds is 4. The second kappa shape index (κ2) is 6.63. The quantitative estimate of drug-likeness (QED) is 0.607. The van der Waals surface area contributed by atoms with Gasteiger partial charge in [-0.2, -0.15) is 0 Å². The predicted molar refractivity (Wildman–Crippen MR) is 95.8 cm³/mol. The van der Waals surface area contributed by atoms with Crippen LogP contribution >= 0.6 is 11.3 Å². The molecule has 3 rings (SSSR count). The van der Waals surface area contributed by atoms with Gasteiger partial charge in [0.2, 0.25) is 0 Å². The smallest absolute Gasteiger partial charge is 0.299 e. The molecule has 0 bridgehead atoms. The molecular weight excluding hydrogens is 346 g/mol. The van der Waals surface area contributed by atoms with Crippen LogP contribution < -0.4 is 9.80 Å². The summed E-state index contributed by atoms with van der Waals surface area (Å²) in [5.74, 6) is 0. The molecule has 1 aliphatic rings. The van der Waals surface area contributed by atoms with E-state index in [0.29, 0.717) is 31.9 Å². The Morgan fingerprint density at radius 2 is 1.68 bits per heavy atom. The van der Waals surface area contributed by atoms with Crippen LogP contribution in [0.5, 0.6) is 0 Å². The molecule has 1 saturated heterocycles. The Balaban J connectivity index is 1.78. The SMILES string of the molecule is Cc1nc(N2CCN(c3ccc([N+](=O)[O-])cc3[N+](=O)[O-])CC2)sc1C. The van der Waals surface area contributed by atoms with Gasteiger partial charge in [0.15, 0.2) is 5.13 Å². The van der Waals surface area contributed by atoms with E-state index in [1.807, 2.05) is 18.7 Å². The van der Waals surface area contributed by atoms with Crippen molar-refractivity contribution < 1.29 is 9.85 Å². The lowest BCUT2D eigenvalue weighted by Gasteiger charge is -2.35. The van der Waals surface area contributed by atoms with Crippen molar-refractivity contribution in [2.45, 2.75) is 13.8 Å². The van der Waals surface area contributed by atoms with Crippen molar-refractivity contribution in [1.82, 2.24) is 4.98 Å². The van der Waals surface area contributed by atoms with Crippen molar-refractivity contribution in [3.05, 3.63) is 49.0 Å². The summed E-state index contributed by atoms with van der Waals surface area (Å²) < 4.78 is 0. The zero-order valence-electron chi connectivity index (χ0n) is 13.8. The number of piperazine rings is 1. The number of hydrogen-bond donors (Lipinski definition) is 0. The summed E-state index contributed by atoms with van der Waals surface area (Å²) in [7, 11) is 0. The molecule has 0 unspecified atom stereocenters. The maximum Gasteiger partial charge on any atom is 0.299 e. The van der Waals surface area contributed by atoms with Gasteiger partial charge < -0.3 is 9.80 Å². The van der Waals surface area contributed by atoms with Gasteiger partial charge in [-0.15, -0.1) is 11.3 Å². The van der Waals surface area contributed by atoms with Gasteiger partial charge in [0.25, 0.3) is 11.4 Å². The number of hydrogen-bond acceptors (Lipinski definition) is 8. The molecule has 1 aromatic heterocycles. The Morgan fingerprint density at radius 3 is 2.20 bits per heavy atom. The second-order valence-electron chi connectivity index (χ2n) is 5.80. The highest BCUT2D eigenvalue weighted by atomic mass is 32.1. The number of nitrogens with zero attached hydrogens (tertiary/aromatic N) is 5. The van der Waals surface area contributed by atoms with Gasteiger partial charge in [-0.25, -0.2) is 4.98 Å². The summed E-state index contributed by atoms with van der Waals surface area (Å²) in [5.41, 5.74) is 0.932. The number of nitro benzene ring substituents is 2. The summed E-state index contributed by atoms with van der Waals surface area (Å²) in [6, 6.07) is 3.79. The molecule has 0 amide bonds. The van der Waals surface area contributed by atoms with E-state index in [1.54, 1.807) is 11.3 Å². The lowest BCUT2D eigenvalue weighted by Crippen LogP contribution is -2.46. The largest absolute Gasteiger partial charge is 0.362 e. The fourth-order valence-corrected chi connectivity index (χ4v) is 3.73. The average molecular weight is 363 g/mol. The van der Waals surface area contributed by atoms with Crippen molar-refractivity contribution >= 4 is 33.5 Å². The molecule has 0 saturated carbocycles. The number of aryl methyl sites for hydroxylation is 2. The lowest BCUT2D eigenvalue weighted by atomic mass is 10.2. The first-order chi connectivity index (χ1) is 11.9. The molecule has 1 fully saturated rings. The zero-order chi connectivity index (χ0) is 18.1. The zero-order valence-corrected chi connectivity index (χ0v) is 14.7. The van der Waals surface area contributed by atoms with Gasteiger partial charge in [-0.1, -0.05) is 0 Å². The number of aromatic nitrogens is 1. The molecule has 2 heterocycles. The fraction of sp³-hybridized carbons (Fsp3) is 0.400. The van der Waals surface area contributed by atoms with Crippen molar-refractivity contribution in [2.75, 3.05) is 36.0 Å². The number of benzene rings is 1. The van der Waals surface area contributed by atoms with E-state index < -0.39 is 9.85 Å². The Kier molecular flexibility index (Phi) is 4.53. The van der Waals surface area contributed by atoms with Crippen LogP contribution in [-0.2, 0) is 0 Å². The van der Waals surface area contributed by atoms with Crippen LogP contribution in [0.1, 0.15) is 10.6 Å². The van der Waals surface area contributed by atoms with Gasteiger partial charge in [0, 0.05) is 37.1 Å². The van der Waals surface area contributed by atoms with Crippen LogP contribution in [0.25, 0.3) is 0 Å². The minimum absolute atomic E-state index is 0.233. The minimum Gasteiger partial charge on any atom is -0.362 e. The molecule has 25 heavy (non-hydrogen) atoms. The molecule has 0 atom stereocenters. The van der Waals surface area contributed by atoms with Crippen LogP contribution in [-0.4, -0.2) is 41.0 Å². The maximum absolute atomic E-state index is 11.3. The summed E-state index contributed by atoms with van der Waals surface area (Å²) in [5, 5.41) is 23.1. The summed E-state index contributed by atoms with van der Waals surface area (Å²) in [6.45, 7) is 6.59. The molecule has 0 spiro atoms. The van der Waals surface area contributed by atoms with E-state index in [9.17, 15) is 20.2 Å². The van der Waals surface area contributed by atoms with Crippen LogP contribution in [0.15, 0.2) is 18.2 Å². The third-order valence-corrected chi connectivity index (χ3v) is 5.41. The molecule has 9 nitrogen and oxygen atoms in total. The third kappa shape index (κ3) is 3.38. The lowest BCUT2D eigenvalue weighted by molar-refractivity contribution is -0.393. The third-order valence-electron chi connectivity index (χ3n) is 4.27. The van der Waals surface area contributed by atoms with Crippen LogP contribution in [0, 0.1) is 34.1 Å². The predicted octanol–water partition coefficient (Wildman–Crippen LogP) is 2.90. The number of anilines is 2. The molecule has 132 valence electrons. The Hall–Kier alpha value is -2.75. The molecule has 0 N–H and O–H groups in total. The second-order valence-corrected chi connectivity index (χ2v) is 6.98. The van der Waals surface area contributed by atoms with Crippen molar-refractivity contribution in [3.8, 4) is 0 Å². The molecule has 0 aliphatic carbocycles. The van der Waals surface area contributed by atoms with E-state index in [1.165, 1.54) is 17.0 Å². The minimum atomic E-state index is -0.623. The number of thiazole rings is 1. The summed E-state index contributed by atoms with van der Waals surface area (Å²) in [4.78, 5) is 30.8. The van der Waals surface area contributed by atoms with Gasteiger partial charge in [-0.05, 0) is 19.9 Å². The van der Waals surface area contributed by atoms with Crippen LogP contribution in [0.3, 0.4) is 0 Å². The Labute approximate surface area is 147 Å². The fourth-order valence-electron chi connectivity index (χ4n) is 2.77. The summed E-state index contributed by atoms with van der Waals surface area (Å²) in [6.07, 6.45) is 0. The monoisotopic (exact) mass is 363 g/mol. The Bertz CT molecular complexity index is 810. The molecule has 1 aliphatic heterocycles. The van der Waals surface area contributed by atoms with Gasteiger partial charge in [0.1, 0.15) is 5.69 Å². The van der Waals surface area contributed by atoms with Crippen molar-refractivity contribution in [2.24, 2.45) is 0 Å². The highest BCUT2D eigenvalue weighted by Gasteiger charge is 2.27. The first-order valence-electron chi connectivity index (χ1n) is 7.73. The number of non-ortho nitro benzene ring substituents is 1. The molecule has 0 radical (unpaired) electrons. The van der Waals surface area contributed by atoms with Gasteiger partial charge >= 0.3 is 0 Å². The molecule has 2 aromatic rings. The van der Waals surface area contributed by atoms with Crippen molar-refractivity contribution in [3.63, 3.8) is 0 Å². The van der Waals surface area contributed by atoms with E-state index >= 15 is 0 Å².